The summed E-state index contributed by atoms with van der Waals surface area (Å²) in [6.45, 7) is 6.34. The van der Waals surface area contributed by atoms with Crippen LogP contribution in [0.25, 0.3) is 0 Å². The average molecular weight is 266 g/mol. The third-order valence-electron chi connectivity index (χ3n) is 2.60. The van der Waals surface area contributed by atoms with Gasteiger partial charge in [-0.2, -0.15) is 5.26 Å². The molecule has 0 fully saturated rings. The van der Waals surface area contributed by atoms with Gasteiger partial charge >= 0.3 is 0 Å². The molecule has 1 rings (SSSR count). The van der Waals surface area contributed by atoms with Crippen LogP contribution < -0.4 is 11.3 Å². The minimum Gasteiger partial charge on any atom is -0.297 e. The van der Waals surface area contributed by atoms with E-state index in [2.05, 4.69) is 23.3 Å². The first-order valence-corrected chi connectivity index (χ1v) is 6.64. The lowest BCUT2D eigenvalue weighted by molar-refractivity contribution is 0.0957. The van der Waals surface area contributed by atoms with E-state index in [9.17, 15) is 4.79 Å². The highest BCUT2D eigenvalue weighted by Crippen LogP contribution is 2.18. The van der Waals surface area contributed by atoms with Gasteiger partial charge in [0.2, 0.25) is 0 Å². The van der Waals surface area contributed by atoms with Gasteiger partial charge in [-0.15, -0.1) is 11.3 Å². The van der Waals surface area contributed by atoms with E-state index in [1.54, 1.807) is 6.07 Å². The molecule has 0 radical (unpaired) electrons. The Bertz CT molecular complexity index is 438. The fourth-order valence-electron chi connectivity index (χ4n) is 1.61. The quantitative estimate of drug-likeness (QED) is 0.462. The van der Waals surface area contributed by atoms with Gasteiger partial charge in [0.15, 0.2) is 0 Å². The van der Waals surface area contributed by atoms with Crippen LogP contribution in [0, 0.1) is 17.2 Å². The zero-order valence-electron chi connectivity index (χ0n) is 10.6. The molecule has 0 aromatic carbocycles. The Labute approximate surface area is 111 Å². The molecule has 0 aliphatic heterocycles. The van der Waals surface area contributed by atoms with Crippen LogP contribution in [0.5, 0.6) is 0 Å². The van der Waals surface area contributed by atoms with Crippen molar-refractivity contribution in [3.8, 4) is 6.07 Å². The molecule has 0 aliphatic carbocycles. The van der Waals surface area contributed by atoms with Crippen molar-refractivity contribution in [1.82, 2.24) is 10.3 Å². The molecule has 0 aliphatic rings. The van der Waals surface area contributed by atoms with Crippen molar-refractivity contribution in [3.63, 3.8) is 0 Å². The number of nitrogens with two attached hydrogens (primary N) is 1. The monoisotopic (exact) mass is 266 g/mol. The second-order valence-corrected chi connectivity index (χ2v) is 5.27. The number of thiophene rings is 1. The van der Waals surface area contributed by atoms with Gasteiger partial charge in [0, 0.05) is 18.0 Å². The van der Waals surface area contributed by atoms with Crippen LogP contribution >= 0.6 is 11.3 Å². The Morgan fingerprint density at radius 3 is 2.94 bits per heavy atom. The number of amides is 1. The standard InChI is InChI=1S/C12H18N4OS/c1-3-16(7-9(2)6-13)8-10-4-5-11(18-10)12(17)15-14/h4-5,9H,3,7-8,14H2,1-2H3,(H,15,17). The van der Waals surface area contributed by atoms with E-state index in [-0.39, 0.29) is 11.8 Å². The summed E-state index contributed by atoms with van der Waals surface area (Å²) in [6.07, 6.45) is 0. The van der Waals surface area contributed by atoms with Gasteiger partial charge < -0.3 is 0 Å². The number of hydrogen-bond donors (Lipinski definition) is 2. The van der Waals surface area contributed by atoms with Crippen LogP contribution in [0.2, 0.25) is 0 Å². The van der Waals surface area contributed by atoms with Crippen LogP contribution in [-0.4, -0.2) is 23.9 Å². The second-order valence-electron chi connectivity index (χ2n) is 4.10. The number of nitrogen functional groups attached to an aromatic ring is 1. The third-order valence-corrected chi connectivity index (χ3v) is 3.66. The molecule has 6 heteroatoms. The van der Waals surface area contributed by atoms with Crippen LogP contribution in [0.15, 0.2) is 12.1 Å². The Morgan fingerprint density at radius 1 is 1.67 bits per heavy atom. The molecule has 1 amide bonds. The summed E-state index contributed by atoms with van der Waals surface area (Å²) in [7, 11) is 0. The smallest absolute Gasteiger partial charge is 0.275 e. The summed E-state index contributed by atoms with van der Waals surface area (Å²) in [5.41, 5.74) is 2.12. The van der Waals surface area contributed by atoms with Gasteiger partial charge in [0.05, 0.1) is 16.9 Å². The van der Waals surface area contributed by atoms with Crippen molar-refractivity contribution in [1.29, 1.82) is 5.26 Å². The number of rotatable bonds is 6. The van der Waals surface area contributed by atoms with Crippen molar-refractivity contribution in [2.45, 2.75) is 20.4 Å². The molecule has 0 spiro atoms. The summed E-state index contributed by atoms with van der Waals surface area (Å²) in [6, 6.07) is 5.92. The number of nitrogens with zero attached hydrogens (tertiary/aromatic N) is 2. The number of hydrazine groups is 1. The zero-order valence-corrected chi connectivity index (χ0v) is 11.5. The van der Waals surface area contributed by atoms with Gasteiger partial charge in [-0.05, 0) is 25.6 Å². The maximum atomic E-state index is 11.3. The second kappa shape index (κ2) is 7.11. The molecular weight excluding hydrogens is 248 g/mol. The normalized spacial score (nSPS) is 12.2. The van der Waals surface area contributed by atoms with Crippen molar-refractivity contribution < 1.29 is 4.79 Å². The Kier molecular flexibility index (Phi) is 5.78. The van der Waals surface area contributed by atoms with E-state index in [0.717, 1.165) is 24.5 Å². The zero-order chi connectivity index (χ0) is 13.5. The van der Waals surface area contributed by atoms with Gasteiger partial charge in [0.25, 0.3) is 5.91 Å². The molecule has 5 nitrogen and oxygen atoms in total. The first-order chi connectivity index (χ1) is 8.60. The van der Waals surface area contributed by atoms with E-state index in [0.29, 0.717) is 4.88 Å². The molecule has 1 atom stereocenters. The minimum atomic E-state index is -0.264. The number of nitrogens with one attached hydrogen (secondary N) is 1. The van der Waals surface area contributed by atoms with Gasteiger partial charge in [-0.1, -0.05) is 6.92 Å². The molecule has 0 saturated carbocycles. The molecule has 0 saturated heterocycles. The highest BCUT2D eigenvalue weighted by Gasteiger charge is 2.12. The van der Waals surface area contributed by atoms with Crippen molar-refractivity contribution in [2.75, 3.05) is 13.1 Å². The van der Waals surface area contributed by atoms with E-state index < -0.39 is 0 Å². The molecule has 3 N–H and O–H groups in total. The van der Waals surface area contributed by atoms with Crippen molar-refractivity contribution in [2.24, 2.45) is 11.8 Å². The number of nitriles is 1. The lowest BCUT2D eigenvalue weighted by Crippen LogP contribution is -2.29. The van der Waals surface area contributed by atoms with Crippen LogP contribution in [0.3, 0.4) is 0 Å². The molecule has 1 aromatic heterocycles. The largest absolute Gasteiger partial charge is 0.297 e. The highest BCUT2D eigenvalue weighted by molar-refractivity contribution is 7.14. The Hall–Kier alpha value is -1.42. The summed E-state index contributed by atoms with van der Waals surface area (Å²) in [5, 5.41) is 8.81. The SMILES string of the molecule is CCN(Cc1ccc(C(=O)NN)s1)CC(C)C#N. The molecule has 18 heavy (non-hydrogen) atoms. The summed E-state index contributed by atoms with van der Waals surface area (Å²) in [4.78, 5) is 15.2. The number of carbonyl (C=O) groups excluding carboxylic acids is 1. The molecule has 1 heterocycles. The van der Waals surface area contributed by atoms with E-state index in [4.69, 9.17) is 11.1 Å². The maximum Gasteiger partial charge on any atom is 0.275 e. The topological polar surface area (TPSA) is 82.2 Å². The highest BCUT2D eigenvalue weighted by atomic mass is 32.1. The van der Waals surface area contributed by atoms with Crippen molar-refractivity contribution >= 4 is 17.2 Å². The van der Waals surface area contributed by atoms with Crippen LogP contribution in [0.1, 0.15) is 28.4 Å². The average Bonchev–Trinajstić information content (AvgIpc) is 2.85. The van der Waals surface area contributed by atoms with Crippen LogP contribution in [-0.2, 0) is 6.54 Å². The van der Waals surface area contributed by atoms with Gasteiger partial charge in [-0.3, -0.25) is 15.1 Å². The molecule has 1 aromatic rings. The lowest BCUT2D eigenvalue weighted by atomic mass is 10.2. The fraction of sp³-hybridized carbons (Fsp3) is 0.500. The summed E-state index contributed by atoms with van der Waals surface area (Å²) < 4.78 is 0. The van der Waals surface area contributed by atoms with E-state index in [1.807, 2.05) is 13.0 Å². The first-order valence-electron chi connectivity index (χ1n) is 5.82. The molecule has 0 bridgehead atoms. The molecule has 98 valence electrons. The summed E-state index contributed by atoms with van der Waals surface area (Å²) >= 11 is 1.43. The number of carbonyl (C=O) groups is 1. The summed E-state index contributed by atoms with van der Waals surface area (Å²) in [5.74, 6) is 4.83. The minimum absolute atomic E-state index is 0.0109. The predicted molar refractivity (Wildman–Crippen MR) is 71.7 cm³/mol. The third kappa shape index (κ3) is 4.11. The van der Waals surface area contributed by atoms with Gasteiger partial charge in [-0.25, -0.2) is 5.84 Å². The first kappa shape index (κ1) is 14.6. The Morgan fingerprint density at radius 2 is 2.39 bits per heavy atom. The Balaban J connectivity index is 2.62. The molecule has 1 unspecified atom stereocenters. The van der Waals surface area contributed by atoms with Gasteiger partial charge in [0.1, 0.15) is 0 Å². The fourth-order valence-corrected chi connectivity index (χ4v) is 2.56. The lowest BCUT2D eigenvalue weighted by Gasteiger charge is -2.20. The van der Waals surface area contributed by atoms with Crippen LogP contribution in [0.4, 0.5) is 0 Å². The predicted octanol–water partition coefficient (Wildman–Crippen LogP) is 1.33. The maximum absolute atomic E-state index is 11.3. The molecular formula is C12H18N4OS. The van der Waals surface area contributed by atoms with Crippen molar-refractivity contribution in [3.05, 3.63) is 21.9 Å². The van der Waals surface area contributed by atoms with E-state index in [1.165, 1.54) is 11.3 Å². The van der Waals surface area contributed by atoms with E-state index >= 15 is 0 Å². The number of hydrogen-bond acceptors (Lipinski definition) is 5.